The first kappa shape index (κ1) is 15.2. The molecule has 2 nitrogen and oxygen atoms in total. The van der Waals surface area contributed by atoms with Crippen LogP contribution < -0.4 is 10.1 Å². The Bertz CT molecular complexity index is 451. The number of ether oxygens (including phenoxy) is 1. The van der Waals surface area contributed by atoms with Crippen LogP contribution >= 0.6 is 0 Å². The molecule has 0 amide bonds. The summed E-state index contributed by atoms with van der Waals surface area (Å²) >= 11 is 0. The maximum Gasteiger partial charge on any atom is 0.573 e. The third kappa shape index (κ3) is 3.45. The number of nitrogens with one attached hydrogen (secondary N) is 1. The van der Waals surface area contributed by atoms with Crippen LogP contribution in [0.15, 0.2) is 24.3 Å². The van der Waals surface area contributed by atoms with Gasteiger partial charge in [0.2, 0.25) is 0 Å². The Morgan fingerprint density at radius 3 is 2.55 bits per heavy atom. The van der Waals surface area contributed by atoms with E-state index in [0.717, 1.165) is 19.4 Å². The highest BCUT2D eigenvalue weighted by Gasteiger charge is 2.38. The predicted molar refractivity (Wildman–Crippen MR) is 71.6 cm³/mol. The number of alkyl halides is 3. The molecule has 1 N–H and O–H groups in total. The lowest BCUT2D eigenvalue weighted by molar-refractivity contribution is -0.274. The fraction of sp³-hybridized carbons (Fsp3) is 0.600. The summed E-state index contributed by atoms with van der Waals surface area (Å²) in [5, 5.41) is 3.47. The lowest BCUT2D eigenvalue weighted by Crippen LogP contribution is -2.46. The van der Waals surface area contributed by atoms with Gasteiger partial charge in [0.05, 0.1) is 0 Å². The van der Waals surface area contributed by atoms with Gasteiger partial charge in [-0.1, -0.05) is 32.0 Å². The topological polar surface area (TPSA) is 21.3 Å². The third-order valence-corrected chi connectivity index (χ3v) is 4.09. The summed E-state index contributed by atoms with van der Waals surface area (Å²) < 4.78 is 41.5. The fourth-order valence-corrected chi connectivity index (χ4v) is 2.89. The molecule has 5 heteroatoms. The van der Waals surface area contributed by atoms with Crippen LogP contribution in [0.1, 0.15) is 32.3 Å². The molecule has 0 saturated carbocycles. The highest BCUT2D eigenvalue weighted by Crippen LogP contribution is 2.35. The van der Waals surface area contributed by atoms with E-state index in [1.807, 2.05) is 0 Å². The Labute approximate surface area is 117 Å². The molecule has 0 spiro atoms. The van der Waals surface area contributed by atoms with Crippen LogP contribution in [0, 0.1) is 5.92 Å². The van der Waals surface area contributed by atoms with E-state index in [4.69, 9.17) is 0 Å². The maximum absolute atomic E-state index is 12.5. The van der Waals surface area contributed by atoms with E-state index in [1.165, 1.54) is 6.07 Å². The van der Waals surface area contributed by atoms with Crippen molar-refractivity contribution in [3.63, 3.8) is 0 Å². The van der Waals surface area contributed by atoms with Gasteiger partial charge in [0, 0.05) is 5.54 Å². The summed E-state index contributed by atoms with van der Waals surface area (Å²) in [6.07, 6.45) is -2.06. The van der Waals surface area contributed by atoms with Crippen molar-refractivity contribution in [3.05, 3.63) is 29.8 Å². The van der Waals surface area contributed by atoms with Gasteiger partial charge in [0.1, 0.15) is 5.75 Å². The van der Waals surface area contributed by atoms with Gasteiger partial charge in [-0.15, -0.1) is 13.2 Å². The Hall–Kier alpha value is -1.23. The second-order valence-electron chi connectivity index (χ2n) is 5.67. The van der Waals surface area contributed by atoms with Crippen molar-refractivity contribution in [1.29, 1.82) is 0 Å². The van der Waals surface area contributed by atoms with Gasteiger partial charge in [-0.05, 0) is 43.4 Å². The zero-order valence-electron chi connectivity index (χ0n) is 11.8. The number of rotatable bonds is 4. The quantitative estimate of drug-likeness (QED) is 0.906. The third-order valence-electron chi connectivity index (χ3n) is 4.09. The lowest BCUT2D eigenvalue weighted by Gasteiger charge is -2.34. The molecule has 1 atom stereocenters. The van der Waals surface area contributed by atoms with E-state index in [1.54, 1.807) is 18.2 Å². The minimum absolute atomic E-state index is 0.0891. The molecule has 0 aromatic heterocycles. The second kappa shape index (κ2) is 5.64. The molecular weight excluding hydrogens is 267 g/mol. The first-order valence-electron chi connectivity index (χ1n) is 6.91. The first-order valence-corrected chi connectivity index (χ1v) is 6.91. The molecule has 112 valence electrons. The molecule has 1 saturated heterocycles. The van der Waals surface area contributed by atoms with E-state index < -0.39 is 6.36 Å². The molecule has 1 aliphatic heterocycles. The zero-order valence-corrected chi connectivity index (χ0v) is 11.8. The number of halogens is 3. The fourth-order valence-electron chi connectivity index (χ4n) is 2.89. The molecule has 0 radical (unpaired) electrons. The lowest BCUT2D eigenvalue weighted by atomic mass is 9.79. The summed E-state index contributed by atoms with van der Waals surface area (Å²) in [6, 6.07) is 6.41. The number of para-hydroxylation sites is 1. The highest BCUT2D eigenvalue weighted by molar-refractivity contribution is 5.35. The Morgan fingerprint density at radius 1 is 1.30 bits per heavy atom. The van der Waals surface area contributed by atoms with Crippen molar-refractivity contribution in [1.82, 2.24) is 5.32 Å². The van der Waals surface area contributed by atoms with Crippen LogP contribution in [0.25, 0.3) is 0 Å². The zero-order chi connectivity index (χ0) is 14.8. The summed E-state index contributed by atoms with van der Waals surface area (Å²) in [7, 11) is 0. The number of hydrogen-bond donors (Lipinski definition) is 1. The van der Waals surface area contributed by atoms with Crippen LogP contribution in [-0.4, -0.2) is 18.4 Å². The summed E-state index contributed by atoms with van der Waals surface area (Å²) in [5.41, 5.74) is 0.471. The van der Waals surface area contributed by atoms with Crippen LogP contribution in [0.5, 0.6) is 5.75 Å². The summed E-state index contributed by atoms with van der Waals surface area (Å²) in [5.74, 6) is 0.262. The van der Waals surface area contributed by atoms with Crippen LogP contribution in [0.3, 0.4) is 0 Å². The first-order chi connectivity index (χ1) is 9.32. The van der Waals surface area contributed by atoms with Gasteiger partial charge in [-0.25, -0.2) is 0 Å². The second-order valence-corrected chi connectivity index (χ2v) is 5.67. The molecule has 0 bridgehead atoms. The minimum Gasteiger partial charge on any atom is -0.406 e. The number of hydrogen-bond acceptors (Lipinski definition) is 2. The van der Waals surface area contributed by atoms with E-state index in [-0.39, 0.29) is 11.3 Å². The molecule has 1 aromatic carbocycles. The molecule has 2 rings (SSSR count). The van der Waals surface area contributed by atoms with Crippen molar-refractivity contribution in [3.8, 4) is 5.75 Å². The van der Waals surface area contributed by atoms with Gasteiger partial charge < -0.3 is 10.1 Å². The molecule has 1 aromatic rings. The standard InChI is InChI=1S/C15H20F3NO/c1-11(2)14(8-5-9-19-14)10-12-6-3-4-7-13(12)20-15(16,17)18/h3-4,6-7,11,19H,5,8-10H2,1-2H3. The van der Waals surface area contributed by atoms with Crippen molar-refractivity contribution < 1.29 is 17.9 Å². The molecular formula is C15H20F3NO. The molecule has 20 heavy (non-hydrogen) atoms. The van der Waals surface area contributed by atoms with E-state index in [9.17, 15) is 13.2 Å². The molecule has 1 aliphatic rings. The smallest absolute Gasteiger partial charge is 0.406 e. The molecule has 1 unspecified atom stereocenters. The van der Waals surface area contributed by atoms with Crippen molar-refractivity contribution in [2.75, 3.05) is 6.54 Å². The molecule has 0 aliphatic carbocycles. The average Bonchev–Trinajstić information content (AvgIpc) is 2.80. The van der Waals surface area contributed by atoms with Crippen LogP contribution in [0.4, 0.5) is 13.2 Å². The van der Waals surface area contributed by atoms with Crippen molar-refractivity contribution in [2.45, 2.75) is 45.0 Å². The van der Waals surface area contributed by atoms with Gasteiger partial charge in [0.25, 0.3) is 0 Å². The van der Waals surface area contributed by atoms with E-state index >= 15 is 0 Å². The van der Waals surface area contributed by atoms with Gasteiger partial charge in [-0.3, -0.25) is 0 Å². The largest absolute Gasteiger partial charge is 0.573 e. The predicted octanol–water partition coefficient (Wildman–Crippen LogP) is 3.91. The Balaban J connectivity index is 2.24. The highest BCUT2D eigenvalue weighted by atomic mass is 19.4. The average molecular weight is 287 g/mol. The SMILES string of the molecule is CC(C)C1(Cc2ccccc2OC(F)(F)F)CCCN1. The summed E-state index contributed by atoms with van der Waals surface area (Å²) in [4.78, 5) is 0. The van der Waals surface area contributed by atoms with Crippen LogP contribution in [-0.2, 0) is 6.42 Å². The Morgan fingerprint density at radius 2 is 2.00 bits per heavy atom. The number of benzene rings is 1. The molecule has 1 heterocycles. The molecule has 1 fully saturated rings. The van der Waals surface area contributed by atoms with Crippen molar-refractivity contribution in [2.24, 2.45) is 5.92 Å². The maximum atomic E-state index is 12.5. The Kier molecular flexibility index (Phi) is 4.28. The van der Waals surface area contributed by atoms with Crippen molar-refractivity contribution >= 4 is 0 Å². The van der Waals surface area contributed by atoms with Gasteiger partial charge >= 0.3 is 6.36 Å². The monoisotopic (exact) mass is 287 g/mol. The van der Waals surface area contributed by atoms with Gasteiger partial charge in [0.15, 0.2) is 0 Å². The minimum atomic E-state index is -4.65. The van der Waals surface area contributed by atoms with E-state index in [0.29, 0.717) is 17.9 Å². The summed E-state index contributed by atoms with van der Waals surface area (Å²) in [6.45, 7) is 5.12. The van der Waals surface area contributed by atoms with Gasteiger partial charge in [-0.2, -0.15) is 0 Å². The van der Waals surface area contributed by atoms with Crippen LogP contribution in [0.2, 0.25) is 0 Å². The van der Waals surface area contributed by atoms with E-state index in [2.05, 4.69) is 23.9 Å². The normalized spacial score (nSPS) is 23.3.